The van der Waals surface area contributed by atoms with Gasteiger partial charge in [-0.2, -0.15) is 0 Å². The number of nitrogens with zero attached hydrogens (tertiary/aromatic N) is 1. The minimum absolute atomic E-state index is 0.184. The minimum atomic E-state index is -3.78. The molecular formula is C20H22N2O5S2. The van der Waals surface area contributed by atoms with Gasteiger partial charge in [0.25, 0.3) is 10.0 Å². The molecule has 0 unspecified atom stereocenters. The van der Waals surface area contributed by atoms with Gasteiger partial charge in [-0.3, -0.25) is 4.72 Å². The quantitative estimate of drug-likeness (QED) is 0.570. The second-order valence-corrected chi connectivity index (χ2v) is 9.83. The second-order valence-electron chi connectivity index (χ2n) is 6.83. The summed E-state index contributed by atoms with van der Waals surface area (Å²) in [5.74, 6) is 2.67. The first kappa shape index (κ1) is 19.8. The number of benzene rings is 1. The van der Waals surface area contributed by atoms with Crippen molar-refractivity contribution in [3.05, 3.63) is 42.4 Å². The fourth-order valence-corrected chi connectivity index (χ4v) is 5.76. The number of ether oxygens (including phenoxy) is 2. The van der Waals surface area contributed by atoms with Crippen molar-refractivity contribution in [2.45, 2.75) is 35.8 Å². The number of hydrogen-bond donors (Lipinski definition) is 1. The summed E-state index contributed by atoms with van der Waals surface area (Å²) in [5, 5.41) is 0. The Morgan fingerprint density at radius 2 is 1.93 bits per heavy atom. The Hall–Kier alpha value is -2.52. The summed E-state index contributed by atoms with van der Waals surface area (Å²) in [4.78, 5) is 5.13. The third-order valence-corrected chi connectivity index (χ3v) is 7.93. The van der Waals surface area contributed by atoms with Crippen molar-refractivity contribution in [3.63, 3.8) is 0 Å². The third kappa shape index (κ3) is 4.11. The molecule has 0 spiro atoms. The Morgan fingerprint density at radius 1 is 1.14 bits per heavy atom. The van der Waals surface area contributed by atoms with E-state index in [9.17, 15) is 8.42 Å². The van der Waals surface area contributed by atoms with Gasteiger partial charge in [0.2, 0.25) is 0 Å². The number of oxazole rings is 1. The first-order chi connectivity index (χ1) is 14.0. The summed E-state index contributed by atoms with van der Waals surface area (Å²) in [6.45, 7) is 0. The zero-order valence-corrected chi connectivity index (χ0v) is 17.8. The Bertz CT molecular complexity index is 1100. The molecule has 1 aliphatic carbocycles. The third-order valence-electron chi connectivity index (χ3n) is 4.97. The van der Waals surface area contributed by atoms with E-state index >= 15 is 0 Å². The van der Waals surface area contributed by atoms with Gasteiger partial charge in [0.15, 0.2) is 11.7 Å². The molecule has 1 aliphatic rings. The van der Waals surface area contributed by atoms with Crippen LogP contribution >= 0.6 is 11.3 Å². The highest BCUT2D eigenvalue weighted by Crippen LogP contribution is 2.38. The van der Waals surface area contributed by atoms with Gasteiger partial charge < -0.3 is 13.9 Å². The maximum Gasteiger partial charge on any atom is 0.271 e. The van der Waals surface area contributed by atoms with E-state index in [0.717, 1.165) is 34.9 Å². The van der Waals surface area contributed by atoms with Gasteiger partial charge >= 0.3 is 0 Å². The van der Waals surface area contributed by atoms with Crippen LogP contribution in [0.25, 0.3) is 10.6 Å². The smallest absolute Gasteiger partial charge is 0.271 e. The fourth-order valence-electron chi connectivity index (χ4n) is 3.44. The zero-order valence-electron chi connectivity index (χ0n) is 16.2. The van der Waals surface area contributed by atoms with E-state index in [1.165, 1.54) is 27.1 Å². The number of aromatic nitrogens is 1. The van der Waals surface area contributed by atoms with Crippen LogP contribution < -0.4 is 14.2 Å². The zero-order chi connectivity index (χ0) is 20.4. The lowest BCUT2D eigenvalue weighted by Gasteiger charge is -2.12. The van der Waals surface area contributed by atoms with Gasteiger partial charge in [-0.25, -0.2) is 13.4 Å². The van der Waals surface area contributed by atoms with Crippen molar-refractivity contribution in [2.75, 3.05) is 18.9 Å². The largest absolute Gasteiger partial charge is 0.497 e. The number of anilines is 1. The molecule has 0 atom stereocenters. The van der Waals surface area contributed by atoms with Crippen LogP contribution in [-0.4, -0.2) is 27.6 Å². The molecule has 3 aromatic rings. The van der Waals surface area contributed by atoms with E-state index in [1.54, 1.807) is 36.5 Å². The number of hydrogen-bond acceptors (Lipinski definition) is 7. The summed E-state index contributed by atoms with van der Waals surface area (Å²) >= 11 is 1.14. The summed E-state index contributed by atoms with van der Waals surface area (Å²) in [6.07, 6.45) is 6.26. The highest BCUT2D eigenvalue weighted by Gasteiger charge is 2.24. The maximum absolute atomic E-state index is 12.8. The molecule has 2 aromatic heterocycles. The molecule has 1 aromatic carbocycles. The number of rotatable bonds is 7. The summed E-state index contributed by atoms with van der Waals surface area (Å²) in [5.41, 5.74) is 0.339. The van der Waals surface area contributed by atoms with E-state index in [-0.39, 0.29) is 4.21 Å². The summed E-state index contributed by atoms with van der Waals surface area (Å²) in [7, 11) is -0.767. The lowest BCUT2D eigenvalue weighted by atomic mass is 10.1. The lowest BCUT2D eigenvalue weighted by Crippen LogP contribution is -2.12. The standard InChI is InChI=1S/C20H22N2O5S2/c1-25-14-7-8-15(16(11-14)26-2)22-29(23,24)19-10-9-18(28-19)17-12-21-20(27-17)13-5-3-4-6-13/h7-13,22H,3-6H2,1-2H3. The molecule has 2 heterocycles. The summed E-state index contributed by atoms with van der Waals surface area (Å²) < 4.78 is 44.8. The van der Waals surface area contributed by atoms with E-state index < -0.39 is 10.0 Å². The van der Waals surface area contributed by atoms with Crippen LogP contribution in [0.5, 0.6) is 11.5 Å². The van der Waals surface area contributed by atoms with Crippen LogP contribution in [-0.2, 0) is 10.0 Å². The van der Waals surface area contributed by atoms with Gasteiger partial charge in [0.1, 0.15) is 15.7 Å². The maximum atomic E-state index is 12.8. The Morgan fingerprint density at radius 3 is 2.66 bits per heavy atom. The number of methoxy groups -OCH3 is 2. The first-order valence-corrected chi connectivity index (χ1v) is 11.6. The number of sulfonamides is 1. The van der Waals surface area contributed by atoms with E-state index in [4.69, 9.17) is 13.9 Å². The molecule has 4 rings (SSSR count). The molecule has 0 aliphatic heterocycles. The average molecular weight is 435 g/mol. The molecule has 0 bridgehead atoms. The van der Waals surface area contributed by atoms with Gasteiger partial charge in [-0.1, -0.05) is 12.8 Å². The van der Waals surface area contributed by atoms with Gasteiger partial charge in [-0.15, -0.1) is 11.3 Å². The Labute approximate surface area is 173 Å². The van der Waals surface area contributed by atoms with Crippen molar-refractivity contribution in [1.82, 2.24) is 4.98 Å². The second kappa shape index (κ2) is 8.08. The van der Waals surface area contributed by atoms with Crippen LogP contribution in [0.2, 0.25) is 0 Å². The molecule has 29 heavy (non-hydrogen) atoms. The monoisotopic (exact) mass is 434 g/mol. The number of thiophene rings is 1. The molecular weight excluding hydrogens is 412 g/mol. The Balaban J connectivity index is 1.55. The molecule has 1 saturated carbocycles. The highest BCUT2D eigenvalue weighted by molar-refractivity contribution is 7.94. The van der Waals surface area contributed by atoms with Crippen molar-refractivity contribution in [3.8, 4) is 22.1 Å². The normalized spacial score (nSPS) is 14.8. The first-order valence-electron chi connectivity index (χ1n) is 9.31. The molecule has 7 nitrogen and oxygen atoms in total. The van der Waals surface area contributed by atoms with Crippen molar-refractivity contribution < 1.29 is 22.3 Å². The van der Waals surface area contributed by atoms with Crippen LogP contribution in [0, 0.1) is 0 Å². The Kier molecular flexibility index (Phi) is 5.51. The molecule has 1 fully saturated rings. The van der Waals surface area contributed by atoms with Gasteiger partial charge in [-0.05, 0) is 37.1 Å². The SMILES string of the molecule is COc1ccc(NS(=O)(=O)c2ccc(-c3cnc(C4CCCC4)o3)s2)c(OC)c1. The molecule has 0 amide bonds. The number of nitrogens with one attached hydrogen (secondary N) is 1. The molecule has 154 valence electrons. The molecule has 0 radical (unpaired) electrons. The van der Waals surface area contributed by atoms with E-state index in [0.29, 0.717) is 28.9 Å². The van der Waals surface area contributed by atoms with E-state index in [1.807, 2.05) is 0 Å². The van der Waals surface area contributed by atoms with Crippen LogP contribution in [0.3, 0.4) is 0 Å². The minimum Gasteiger partial charge on any atom is -0.497 e. The van der Waals surface area contributed by atoms with Crippen molar-refractivity contribution in [1.29, 1.82) is 0 Å². The van der Waals surface area contributed by atoms with Crippen LogP contribution in [0.4, 0.5) is 5.69 Å². The predicted molar refractivity (Wildman–Crippen MR) is 111 cm³/mol. The van der Waals surface area contributed by atoms with Crippen molar-refractivity contribution >= 4 is 27.0 Å². The predicted octanol–water partition coefficient (Wildman–Crippen LogP) is 4.88. The average Bonchev–Trinajstić information content (AvgIpc) is 3.48. The van der Waals surface area contributed by atoms with Crippen LogP contribution in [0.15, 0.2) is 45.2 Å². The molecule has 9 heteroatoms. The van der Waals surface area contributed by atoms with Gasteiger partial charge in [0, 0.05) is 12.0 Å². The topological polar surface area (TPSA) is 90.7 Å². The highest BCUT2D eigenvalue weighted by atomic mass is 32.2. The van der Waals surface area contributed by atoms with Crippen LogP contribution in [0.1, 0.15) is 37.5 Å². The molecule has 1 N–H and O–H groups in total. The lowest BCUT2D eigenvalue weighted by molar-refractivity contribution is 0.395. The summed E-state index contributed by atoms with van der Waals surface area (Å²) in [6, 6.07) is 8.20. The van der Waals surface area contributed by atoms with Gasteiger partial charge in [0.05, 0.1) is 31.0 Å². The van der Waals surface area contributed by atoms with E-state index in [2.05, 4.69) is 9.71 Å². The fraction of sp³-hybridized carbons (Fsp3) is 0.350. The van der Waals surface area contributed by atoms with Crippen molar-refractivity contribution in [2.24, 2.45) is 0 Å². The molecule has 0 saturated heterocycles.